The Morgan fingerprint density at radius 1 is 1.20 bits per heavy atom. The van der Waals surface area contributed by atoms with Gasteiger partial charge in [-0.25, -0.2) is 4.39 Å². The summed E-state index contributed by atoms with van der Waals surface area (Å²) in [5.41, 5.74) is 0.456. The van der Waals surface area contributed by atoms with Crippen molar-refractivity contribution in [2.75, 3.05) is 5.32 Å². The van der Waals surface area contributed by atoms with E-state index in [1.807, 2.05) is 0 Å². The average Bonchev–Trinajstić information content (AvgIpc) is 2.44. The van der Waals surface area contributed by atoms with E-state index in [1.54, 1.807) is 30.3 Å². The quantitative estimate of drug-likeness (QED) is 0.925. The van der Waals surface area contributed by atoms with Gasteiger partial charge in [-0.05, 0) is 36.4 Å². The molecule has 0 heterocycles. The van der Waals surface area contributed by atoms with Crippen molar-refractivity contribution in [2.24, 2.45) is 0 Å². The number of nitrogens with zero attached hydrogens (tertiary/aromatic N) is 1. The predicted octanol–water partition coefficient (Wildman–Crippen LogP) is 3.47. The Morgan fingerprint density at radius 2 is 1.90 bits per heavy atom. The zero-order chi connectivity index (χ0) is 14.4. The zero-order valence-electron chi connectivity index (χ0n) is 10.5. The summed E-state index contributed by atoms with van der Waals surface area (Å²) in [4.78, 5) is 11.4. The van der Waals surface area contributed by atoms with Crippen molar-refractivity contribution >= 4 is 11.6 Å². The molecule has 0 spiro atoms. The first kappa shape index (κ1) is 13.6. The van der Waals surface area contributed by atoms with Crippen LogP contribution in [0.5, 0.6) is 11.5 Å². The van der Waals surface area contributed by atoms with E-state index in [2.05, 4.69) is 5.32 Å². The van der Waals surface area contributed by atoms with Crippen LogP contribution in [0.4, 0.5) is 10.1 Å². The van der Waals surface area contributed by atoms with E-state index in [0.29, 0.717) is 17.2 Å². The first-order chi connectivity index (χ1) is 9.69. The van der Waals surface area contributed by atoms with E-state index in [0.717, 1.165) is 0 Å². The summed E-state index contributed by atoms with van der Waals surface area (Å²) in [6, 6.07) is 14.1. The predicted molar refractivity (Wildman–Crippen MR) is 71.8 cm³/mol. The molecule has 0 bridgehead atoms. The third-order valence-electron chi connectivity index (χ3n) is 2.44. The molecule has 1 amide bonds. The van der Waals surface area contributed by atoms with Crippen molar-refractivity contribution < 1.29 is 13.9 Å². The molecule has 0 saturated heterocycles. The Morgan fingerprint density at radius 3 is 2.60 bits per heavy atom. The van der Waals surface area contributed by atoms with Crippen molar-refractivity contribution in [3.63, 3.8) is 0 Å². The Kier molecular flexibility index (Phi) is 4.30. The molecule has 0 saturated carbocycles. The van der Waals surface area contributed by atoms with Crippen molar-refractivity contribution in [2.45, 2.75) is 6.42 Å². The van der Waals surface area contributed by atoms with Crippen molar-refractivity contribution in [3.05, 3.63) is 54.3 Å². The van der Waals surface area contributed by atoms with Gasteiger partial charge in [-0.15, -0.1) is 0 Å². The second kappa shape index (κ2) is 6.34. The SMILES string of the molecule is N#CCC(=O)Nc1ccccc1Oc1ccc(F)cc1. The molecule has 0 aliphatic rings. The van der Waals surface area contributed by atoms with E-state index >= 15 is 0 Å². The van der Waals surface area contributed by atoms with E-state index in [-0.39, 0.29) is 12.2 Å². The van der Waals surface area contributed by atoms with E-state index in [4.69, 9.17) is 10.00 Å². The molecule has 0 aliphatic heterocycles. The number of hydrogen-bond acceptors (Lipinski definition) is 3. The standard InChI is InChI=1S/C15H11FN2O2/c16-11-5-7-12(8-6-11)20-14-4-2-1-3-13(14)18-15(19)9-10-17/h1-8H,9H2,(H,18,19). The highest BCUT2D eigenvalue weighted by Crippen LogP contribution is 2.29. The number of para-hydroxylation sites is 2. The van der Waals surface area contributed by atoms with Crippen LogP contribution < -0.4 is 10.1 Å². The van der Waals surface area contributed by atoms with Crippen LogP contribution in [-0.4, -0.2) is 5.91 Å². The van der Waals surface area contributed by atoms with E-state index in [9.17, 15) is 9.18 Å². The number of rotatable bonds is 4. The number of halogens is 1. The van der Waals surface area contributed by atoms with Crippen molar-refractivity contribution in [1.82, 2.24) is 0 Å². The largest absolute Gasteiger partial charge is 0.455 e. The zero-order valence-corrected chi connectivity index (χ0v) is 10.5. The topological polar surface area (TPSA) is 62.1 Å². The fraction of sp³-hybridized carbons (Fsp3) is 0.0667. The summed E-state index contributed by atoms with van der Waals surface area (Å²) in [6.45, 7) is 0. The van der Waals surface area contributed by atoms with Crippen LogP contribution in [0.3, 0.4) is 0 Å². The molecule has 0 fully saturated rings. The number of nitriles is 1. The first-order valence-corrected chi connectivity index (χ1v) is 5.88. The molecule has 4 nitrogen and oxygen atoms in total. The number of amides is 1. The van der Waals surface area contributed by atoms with Gasteiger partial charge in [-0.3, -0.25) is 4.79 Å². The van der Waals surface area contributed by atoms with Crippen LogP contribution in [0.2, 0.25) is 0 Å². The maximum atomic E-state index is 12.8. The molecule has 2 aromatic rings. The Bertz CT molecular complexity index is 648. The third kappa shape index (κ3) is 3.56. The van der Waals surface area contributed by atoms with Crippen LogP contribution >= 0.6 is 0 Å². The fourth-order valence-electron chi connectivity index (χ4n) is 1.55. The summed E-state index contributed by atoms with van der Waals surface area (Å²) in [7, 11) is 0. The minimum atomic E-state index is -0.414. The Balaban J connectivity index is 2.17. The van der Waals surface area contributed by atoms with Gasteiger partial charge in [0.25, 0.3) is 0 Å². The Hall–Kier alpha value is -2.87. The van der Waals surface area contributed by atoms with Gasteiger partial charge in [0.05, 0.1) is 11.8 Å². The van der Waals surface area contributed by atoms with Crippen LogP contribution in [0, 0.1) is 17.1 Å². The molecule has 1 N–H and O–H groups in total. The smallest absolute Gasteiger partial charge is 0.238 e. The number of carbonyl (C=O) groups is 1. The van der Waals surface area contributed by atoms with E-state index < -0.39 is 5.91 Å². The summed E-state index contributed by atoms with van der Waals surface area (Å²) >= 11 is 0. The number of anilines is 1. The molecule has 100 valence electrons. The van der Waals surface area contributed by atoms with Crippen LogP contribution in [0.1, 0.15) is 6.42 Å². The van der Waals surface area contributed by atoms with Gasteiger partial charge in [0.2, 0.25) is 5.91 Å². The minimum Gasteiger partial charge on any atom is -0.455 e. The molecule has 0 unspecified atom stereocenters. The molecule has 2 aromatic carbocycles. The lowest BCUT2D eigenvalue weighted by Gasteiger charge is -2.11. The van der Waals surface area contributed by atoms with Gasteiger partial charge in [-0.2, -0.15) is 5.26 Å². The Labute approximate surface area is 115 Å². The molecule has 2 rings (SSSR count). The highest BCUT2D eigenvalue weighted by atomic mass is 19.1. The first-order valence-electron chi connectivity index (χ1n) is 5.88. The van der Waals surface area contributed by atoms with Gasteiger partial charge < -0.3 is 10.1 Å². The van der Waals surface area contributed by atoms with Crippen LogP contribution in [0.25, 0.3) is 0 Å². The molecule has 5 heteroatoms. The van der Waals surface area contributed by atoms with Gasteiger partial charge >= 0.3 is 0 Å². The van der Waals surface area contributed by atoms with E-state index in [1.165, 1.54) is 24.3 Å². The fourth-order valence-corrected chi connectivity index (χ4v) is 1.55. The normalized spacial score (nSPS) is 9.60. The van der Waals surface area contributed by atoms with Crippen LogP contribution in [-0.2, 0) is 4.79 Å². The summed E-state index contributed by atoms with van der Waals surface area (Å²) in [6.07, 6.45) is -0.231. The van der Waals surface area contributed by atoms with Crippen molar-refractivity contribution in [3.8, 4) is 17.6 Å². The molecular weight excluding hydrogens is 259 g/mol. The highest BCUT2D eigenvalue weighted by Gasteiger charge is 2.08. The lowest BCUT2D eigenvalue weighted by atomic mass is 10.2. The van der Waals surface area contributed by atoms with Gasteiger partial charge in [0.15, 0.2) is 5.75 Å². The highest BCUT2D eigenvalue weighted by molar-refractivity contribution is 5.93. The van der Waals surface area contributed by atoms with Gasteiger partial charge in [0.1, 0.15) is 18.0 Å². The lowest BCUT2D eigenvalue weighted by molar-refractivity contribution is -0.115. The number of hydrogen-bond donors (Lipinski definition) is 1. The average molecular weight is 270 g/mol. The molecule has 0 aromatic heterocycles. The molecule has 0 atom stereocenters. The number of nitrogens with one attached hydrogen (secondary N) is 1. The number of ether oxygens (including phenoxy) is 1. The number of carbonyl (C=O) groups excluding carboxylic acids is 1. The molecular formula is C15H11FN2O2. The monoisotopic (exact) mass is 270 g/mol. The minimum absolute atomic E-state index is 0.231. The summed E-state index contributed by atoms with van der Waals surface area (Å²) in [5, 5.41) is 11.1. The van der Waals surface area contributed by atoms with Gasteiger partial charge in [-0.1, -0.05) is 12.1 Å². The van der Waals surface area contributed by atoms with Crippen LogP contribution in [0.15, 0.2) is 48.5 Å². The second-order valence-electron chi connectivity index (χ2n) is 3.94. The van der Waals surface area contributed by atoms with Crippen molar-refractivity contribution in [1.29, 1.82) is 5.26 Å². The maximum Gasteiger partial charge on any atom is 0.238 e. The number of benzene rings is 2. The summed E-state index contributed by atoms with van der Waals surface area (Å²) in [5.74, 6) is 0.106. The third-order valence-corrected chi connectivity index (χ3v) is 2.44. The second-order valence-corrected chi connectivity index (χ2v) is 3.94. The summed E-state index contributed by atoms with van der Waals surface area (Å²) < 4.78 is 18.4. The molecule has 0 aliphatic carbocycles. The lowest BCUT2D eigenvalue weighted by Crippen LogP contribution is -2.10. The molecule has 20 heavy (non-hydrogen) atoms. The molecule has 0 radical (unpaired) electrons. The maximum absolute atomic E-state index is 12.8. The van der Waals surface area contributed by atoms with Gasteiger partial charge in [0, 0.05) is 0 Å².